The summed E-state index contributed by atoms with van der Waals surface area (Å²) in [5, 5.41) is 11.6. The molecular formula is C14H20N2OS. The number of amides is 1. The summed E-state index contributed by atoms with van der Waals surface area (Å²) >= 11 is 1.52. The highest BCUT2D eigenvalue weighted by Crippen LogP contribution is 2.29. The molecule has 0 saturated heterocycles. The molecule has 0 aliphatic heterocycles. The predicted molar refractivity (Wildman–Crippen MR) is 74.8 cm³/mol. The summed E-state index contributed by atoms with van der Waals surface area (Å²) in [6.07, 6.45) is 1.14. The smallest absolute Gasteiger partial charge is 0.261 e. The number of carbonyl (C=O) groups excluding carboxylic acids is 1. The fourth-order valence-corrected chi connectivity index (χ4v) is 2.49. The van der Waals surface area contributed by atoms with Crippen LogP contribution in [0.25, 0.3) is 0 Å². The summed E-state index contributed by atoms with van der Waals surface area (Å²) < 4.78 is 0. The van der Waals surface area contributed by atoms with Crippen molar-refractivity contribution in [3.05, 3.63) is 21.9 Å². The fraction of sp³-hybridized carbons (Fsp3) is 0.571. The van der Waals surface area contributed by atoms with Gasteiger partial charge in [-0.3, -0.25) is 4.79 Å². The van der Waals surface area contributed by atoms with E-state index >= 15 is 0 Å². The zero-order valence-corrected chi connectivity index (χ0v) is 12.2. The van der Waals surface area contributed by atoms with Crippen LogP contribution in [0.15, 0.2) is 12.1 Å². The number of nitrogens with one attached hydrogen (secondary N) is 1. The zero-order valence-electron chi connectivity index (χ0n) is 11.4. The first-order valence-corrected chi connectivity index (χ1v) is 6.98. The quantitative estimate of drug-likeness (QED) is 0.905. The van der Waals surface area contributed by atoms with Gasteiger partial charge in [0.15, 0.2) is 0 Å². The number of carbonyl (C=O) groups is 1. The molecule has 0 aliphatic carbocycles. The standard InChI is InChI=1S/C14H20N2OS/c1-5-10(8-9-15)16-13(17)11-6-7-12(18-11)14(2,3)4/h6-7,10H,5,8H2,1-4H3,(H,16,17). The average Bonchev–Trinajstić information content (AvgIpc) is 2.77. The molecule has 3 nitrogen and oxygen atoms in total. The van der Waals surface area contributed by atoms with E-state index in [1.165, 1.54) is 16.2 Å². The molecule has 0 spiro atoms. The van der Waals surface area contributed by atoms with Crippen LogP contribution in [0.3, 0.4) is 0 Å². The molecule has 98 valence electrons. The highest BCUT2D eigenvalue weighted by molar-refractivity contribution is 7.14. The molecule has 0 saturated carbocycles. The Kier molecular flexibility index (Phi) is 4.92. The van der Waals surface area contributed by atoms with Gasteiger partial charge in [0, 0.05) is 10.9 Å². The van der Waals surface area contributed by atoms with Crippen LogP contribution in [0.2, 0.25) is 0 Å². The lowest BCUT2D eigenvalue weighted by Gasteiger charge is -2.15. The minimum Gasteiger partial charge on any atom is -0.348 e. The molecule has 1 heterocycles. The van der Waals surface area contributed by atoms with Crippen molar-refractivity contribution in [3.8, 4) is 6.07 Å². The second-order valence-corrected chi connectivity index (χ2v) is 6.44. The highest BCUT2D eigenvalue weighted by Gasteiger charge is 2.19. The van der Waals surface area contributed by atoms with E-state index < -0.39 is 0 Å². The summed E-state index contributed by atoms with van der Waals surface area (Å²) in [4.78, 5) is 13.9. The molecule has 1 atom stereocenters. The van der Waals surface area contributed by atoms with Crippen molar-refractivity contribution in [1.29, 1.82) is 5.26 Å². The highest BCUT2D eigenvalue weighted by atomic mass is 32.1. The molecule has 18 heavy (non-hydrogen) atoms. The lowest BCUT2D eigenvalue weighted by Crippen LogP contribution is -2.33. The lowest BCUT2D eigenvalue weighted by atomic mass is 9.95. The van der Waals surface area contributed by atoms with Crippen LogP contribution in [0.1, 0.15) is 55.1 Å². The second kappa shape index (κ2) is 6.01. The third-order valence-electron chi connectivity index (χ3n) is 2.73. The SMILES string of the molecule is CCC(CC#N)NC(=O)c1ccc(C(C)(C)C)s1. The molecule has 4 heteroatoms. The van der Waals surface area contributed by atoms with Gasteiger partial charge in [-0.25, -0.2) is 0 Å². The van der Waals surface area contributed by atoms with Gasteiger partial charge in [0.1, 0.15) is 0 Å². The average molecular weight is 264 g/mol. The van der Waals surface area contributed by atoms with Gasteiger partial charge in [-0.15, -0.1) is 11.3 Å². The van der Waals surface area contributed by atoms with Crippen molar-refractivity contribution in [2.45, 2.75) is 52.0 Å². The molecule has 1 unspecified atom stereocenters. The van der Waals surface area contributed by atoms with Gasteiger partial charge in [-0.05, 0) is 24.0 Å². The number of rotatable bonds is 4. The van der Waals surface area contributed by atoms with E-state index in [4.69, 9.17) is 5.26 Å². The van der Waals surface area contributed by atoms with Gasteiger partial charge in [0.2, 0.25) is 0 Å². The van der Waals surface area contributed by atoms with Crippen LogP contribution >= 0.6 is 11.3 Å². The first kappa shape index (κ1) is 14.7. The van der Waals surface area contributed by atoms with E-state index in [-0.39, 0.29) is 17.4 Å². The Morgan fingerprint density at radius 2 is 2.17 bits per heavy atom. The molecule has 1 amide bonds. The largest absolute Gasteiger partial charge is 0.348 e. The summed E-state index contributed by atoms with van der Waals surface area (Å²) in [6.45, 7) is 8.36. The van der Waals surface area contributed by atoms with Gasteiger partial charge in [0.25, 0.3) is 5.91 Å². The minimum atomic E-state index is -0.0717. The van der Waals surface area contributed by atoms with Crippen LogP contribution in [0.5, 0.6) is 0 Å². The Hall–Kier alpha value is -1.34. The number of nitriles is 1. The van der Waals surface area contributed by atoms with Crippen molar-refractivity contribution >= 4 is 17.2 Å². The van der Waals surface area contributed by atoms with Crippen LogP contribution < -0.4 is 5.32 Å². The van der Waals surface area contributed by atoms with Crippen molar-refractivity contribution in [2.24, 2.45) is 0 Å². The normalized spacial score (nSPS) is 12.8. The molecule has 0 bridgehead atoms. The fourth-order valence-electron chi connectivity index (χ4n) is 1.53. The van der Waals surface area contributed by atoms with Gasteiger partial charge in [-0.1, -0.05) is 27.7 Å². The monoisotopic (exact) mass is 264 g/mol. The van der Waals surface area contributed by atoms with Crippen molar-refractivity contribution in [1.82, 2.24) is 5.32 Å². The zero-order chi connectivity index (χ0) is 13.8. The first-order chi connectivity index (χ1) is 8.38. The molecular weight excluding hydrogens is 244 g/mol. The van der Waals surface area contributed by atoms with Crippen molar-refractivity contribution in [3.63, 3.8) is 0 Å². The van der Waals surface area contributed by atoms with Gasteiger partial charge < -0.3 is 5.32 Å². The third-order valence-corrected chi connectivity index (χ3v) is 4.24. The number of nitrogens with zero attached hydrogens (tertiary/aromatic N) is 1. The van der Waals surface area contributed by atoms with Crippen LogP contribution in [-0.4, -0.2) is 11.9 Å². The summed E-state index contributed by atoms with van der Waals surface area (Å²) in [7, 11) is 0. The topological polar surface area (TPSA) is 52.9 Å². The van der Waals surface area contributed by atoms with Crippen molar-refractivity contribution < 1.29 is 4.79 Å². The molecule has 0 radical (unpaired) electrons. The minimum absolute atomic E-state index is 0.0531. The van der Waals surface area contributed by atoms with E-state index in [9.17, 15) is 4.79 Å². The van der Waals surface area contributed by atoms with Crippen LogP contribution in [0.4, 0.5) is 0 Å². The van der Waals surface area contributed by atoms with Gasteiger partial charge in [-0.2, -0.15) is 5.26 Å². The molecule has 0 fully saturated rings. The van der Waals surface area contributed by atoms with E-state index in [2.05, 4.69) is 32.2 Å². The number of hydrogen-bond acceptors (Lipinski definition) is 3. The van der Waals surface area contributed by atoms with E-state index in [1.54, 1.807) is 0 Å². The molecule has 1 rings (SSSR count). The molecule has 1 aromatic rings. The summed E-state index contributed by atoms with van der Waals surface area (Å²) in [6, 6.07) is 5.91. The van der Waals surface area contributed by atoms with Crippen LogP contribution in [-0.2, 0) is 5.41 Å². The van der Waals surface area contributed by atoms with E-state index in [1.807, 2.05) is 19.1 Å². The number of thiophene rings is 1. The molecule has 1 aromatic heterocycles. The Morgan fingerprint density at radius 3 is 2.61 bits per heavy atom. The molecule has 0 aliphatic rings. The lowest BCUT2D eigenvalue weighted by molar-refractivity contribution is 0.0941. The van der Waals surface area contributed by atoms with Gasteiger partial charge in [0.05, 0.1) is 17.4 Å². The Morgan fingerprint density at radius 1 is 1.50 bits per heavy atom. The summed E-state index contributed by atoms with van der Waals surface area (Å²) in [5.41, 5.74) is 0.0695. The summed E-state index contributed by atoms with van der Waals surface area (Å²) in [5.74, 6) is -0.0717. The van der Waals surface area contributed by atoms with Crippen molar-refractivity contribution in [2.75, 3.05) is 0 Å². The van der Waals surface area contributed by atoms with E-state index in [0.29, 0.717) is 6.42 Å². The maximum Gasteiger partial charge on any atom is 0.261 e. The maximum atomic E-state index is 12.0. The van der Waals surface area contributed by atoms with Crippen LogP contribution in [0, 0.1) is 11.3 Å². The second-order valence-electron chi connectivity index (χ2n) is 5.35. The Balaban J connectivity index is 2.73. The van der Waals surface area contributed by atoms with Gasteiger partial charge >= 0.3 is 0 Å². The Bertz CT molecular complexity index is 451. The third kappa shape index (κ3) is 3.85. The predicted octanol–water partition coefficient (Wildman–Crippen LogP) is 3.47. The Labute approximate surface area is 113 Å². The molecule has 1 N–H and O–H groups in total. The maximum absolute atomic E-state index is 12.0. The van der Waals surface area contributed by atoms with E-state index in [0.717, 1.165) is 11.3 Å². The first-order valence-electron chi connectivity index (χ1n) is 6.16. The molecule has 0 aromatic carbocycles. The number of hydrogen-bond donors (Lipinski definition) is 1.